The van der Waals surface area contributed by atoms with Crippen LogP contribution in [0.3, 0.4) is 0 Å². The molecule has 27 heavy (non-hydrogen) atoms. The molecule has 0 saturated heterocycles. The van der Waals surface area contributed by atoms with Crippen LogP contribution in [0.15, 0.2) is 30.5 Å². The van der Waals surface area contributed by atoms with Crippen LogP contribution in [0.1, 0.15) is 44.0 Å². The summed E-state index contributed by atoms with van der Waals surface area (Å²) in [6, 6.07) is 5.87. The van der Waals surface area contributed by atoms with Gasteiger partial charge in [-0.2, -0.15) is 5.10 Å². The molecule has 1 aromatic carbocycles. The van der Waals surface area contributed by atoms with E-state index in [2.05, 4.69) is 15.7 Å². The Morgan fingerprint density at radius 3 is 2.63 bits per heavy atom. The molecule has 2 N–H and O–H groups in total. The lowest BCUT2D eigenvalue weighted by atomic mass is 10.1. The van der Waals surface area contributed by atoms with Gasteiger partial charge in [0.25, 0.3) is 0 Å². The molecule has 2 aromatic rings. The highest BCUT2D eigenvalue weighted by Gasteiger charge is 2.38. The first-order valence-corrected chi connectivity index (χ1v) is 9.24. The van der Waals surface area contributed by atoms with Crippen molar-refractivity contribution in [3.05, 3.63) is 47.5 Å². The maximum absolute atomic E-state index is 13.1. The molecule has 0 radical (unpaired) electrons. The fraction of sp³-hybridized carbons (Fsp3) is 0.450. The number of halogens is 1. The minimum absolute atomic E-state index is 0.0415. The van der Waals surface area contributed by atoms with E-state index in [0.29, 0.717) is 12.5 Å². The van der Waals surface area contributed by atoms with Gasteiger partial charge in [0, 0.05) is 30.1 Å². The topological polar surface area (TPSA) is 76.0 Å². The van der Waals surface area contributed by atoms with Gasteiger partial charge in [-0.05, 0) is 50.5 Å². The predicted octanol–water partition coefficient (Wildman–Crippen LogP) is 2.66. The van der Waals surface area contributed by atoms with Crippen LogP contribution in [-0.2, 0) is 9.59 Å². The second-order valence-electron chi connectivity index (χ2n) is 7.22. The minimum atomic E-state index is -0.298. The highest BCUT2D eigenvalue weighted by Crippen LogP contribution is 2.37. The molecule has 0 unspecified atom stereocenters. The lowest BCUT2D eigenvalue weighted by Gasteiger charge is -2.14. The molecule has 1 aromatic heterocycles. The first-order chi connectivity index (χ1) is 12.9. The average Bonchev–Trinajstić information content (AvgIpc) is 3.23. The molecular formula is C20H25FN4O2. The molecule has 1 aliphatic carbocycles. The van der Waals surface area contributed by atoms with Crippen molar-refractivity contribution in [2.45, 2.75) is 39.7 Å². The van der Waals surface area contributed by atoms with Crippen LogP contribution in [0, 0.1) is 24.6 Å². The number of aromatic nitrogens is 2. The number of carbonyl (C=O) groups is 2. The molecule has 0 spiro atoms. The second-order valence-corrected chi connectivity index (χ2v) is 7.22. The fourth-order valence-electron chi connectivity index (χ4n) is 3.20. The van der Waals surface area contributed by atoms with Gasteiger partial charge in [0.1, 0.15) is 5.82 Å². The normalized spacial score (nSPS) is 19.4. The lowest BCUT2D eigenvalue weighted by Crippen LogP contribution is -2.33. The second kappa shape index (κ2) is 7.90. The number of hydrogen-bond donors (Lipinski definition) is 2. The van der Waals surface area contributed by atoms with Gasteiger partial charge < -0.3 is 10.6 Å². The van der Waals surface area contributed by atoms with Crippen LogP contribution in [0.25, 0.3) is 5.69 Å². The smallest absolute Gasteiger partial charge is 0.223 e. The van der Waals surface area contributed by atoms with Crippen molar-refractivity contribution in [1.29, 1.82) is 0 Å². The summed E-state index contributed by atoms with van der Waals surface area (Å²) in [5.41, 5.74) is 2.53. The Morgan fingerprint density at radius 1 is 1.33 bits per heavy atom. The van der Waals surface area contributed by atoms with Gasteiger partial charge in [-0.1, -0.05) is 6.92 Å². The Morgan fingerprint density at radius 2 is 2.00 bits per heavy atom. The first-order valence-electron chi connectivity index (χ1n) is 9.24. The third-order valence-electron chi connectivity index (χ3n) is 5.06. The van der Waals surface area contributed by atoms with Crippen LogP contribution in [0.4, 0.5) is 4.39 Å². The van der Waals surface area contributed by atoms with Gasteiger partial charge in [-0.15, -0.1) is 0 Å². The van der Waals surface area contributed by atoms with E-state index < -0.39 is 0 Å². The summed E-state index contributed by atoms with van der Waals surface area (Å²) in [5, 5.41) is 10.1. The van der Waals surface area contributed by atoms with Crippen molar-refractivity contribution in [2.75, 3.05) is 6.54 Å². The van der Waals surface area contributed by atoms with Crippen molar-refractivity contribution in [2.24, 2.45) is 11.8 Å². The maximum atomic E-state index is 13.1. The zero-order valence-electron chi connectivity index (χ0n) is 15.8. The maximum Gasteiger partial charge on any atom is 0.223 e. The van der Waals surface area contributed by atoms with Crippen LogP contribution >= 0.6 is 0 Å². The monoisotopic (exact) mass is 372 g/mol. The Bertz CT molecular complexity index is 831. The van der Waals surface area contributed by atoms with Gasteiger partial charge in [-0.3, -0.25) is 9.59 Å². The van der Waals surface area contributed by atoms with Crippen molar-refractivity contribution >= 4 is 11.8 Å². The van der Waals surface area contributed by atoms with E-state index in [1.54, 1.807) is 23.0 Å². The number of amides is 2. The number of carbonyl (C=O) groups excluding carboxylic acids is 2. The van der Waals surface area contributed by atoms with Crippen molar-refractivity contribution < 1.29 is 14.0 Å². The van der Waals surface area contributed by atoms with Crippen LogP contribution in [-0.4, -0.2) is 28.1 Å². The third kappa shape index (κ3) is 4.53. The zero-order chi connectivity index (χ0) is 19.6. The molecule has 1 fully saturated rings. The van der Waals surface area contributed by atoms with E-state index in [1.807, 2.05) is 20.8 Å². The predicted molar refractivity (Wildman–Crippen MR) is 99.7 cm³/mol. The Labute approximate surface area is 158 Å². The number of hydrogen-bond acceptors (Lipinski definition) is 3. The molecule has 1 aliphatic rings. The van der Waals surface area contributed by atoms with E-state index in [0.717, 1.165) is 23.4 Å². The molecule has 144 valence electrons. The minimum Gasteiger partial charge on any atom is -0.355 e. The molecule has 7 heteroatoms. The van der Waals surface area contributed by atoms with Gasteiger partial charge in [0.05, 0.1) is 17.9 Å². The highest BCUT2D eigenvalue weighted by atomic mass is 19.1. The molecule has 3 atom stereocenters. The largest absolute Gasteiger partial charge is 0.355 e. The summed E-state index contributed by atoms with van der Waals surface area (Å²) < 4.78 is 14.8. The summed E-state index contributed by atoms with van der Waals surface area (Å²) in [7, 11) is 0. The molecule has 0 bridgehead atoms. The summed E-state index contributed by atoms with van der Waals surface area (Å²) >= 11 is 0. The van der Waals surface area contributed by atoms with Crippen molar-refractivity contribution in [1.82, 2.24) is 20.4 Å². The van der Waals surface area contributed by atoms with Crippen LogP contribution in [0.2, 0.25) is 0 Å². The number of benzene rings is 1. The zero-order valence-corrected chi connectivity index (χ0v) is 15.8. The molecule has 1 saturated carbocycles. The Balaban J connectivity index is 1.53. The number of rotatable bonds is 7. The number of nitrogens with one attached hydrogen (secondary N) is 2. The summed E-state index contributed by atoms with van der Waals surface area (Å²) in [5.74, 6) is 0.194. The average molecular weight is 372 g/mol. The molecular weight excluding hydrogens is 347 g/mol. The van der Waals surface area contributed by atoms with Gasteiger partial charge in [-0.25, -0.2) is 9.07 Å². The number of nitrogens with zero attached hydrogens (tertiary/aromatic N) is 2. The van der Waals surface area contributed by atoms with Crippen molar-refractivity contribution in [3.8, 4) is 5.69 Å². The van der Waals surface area contributed by atoms with Gasteiger partial charge in [0.2, 0.25) is 11.8 Å². The quantitative estimate of drug-likeness (QED) is 0.785. The Kier molecular flexibility index (Phi) is 5.58. The van der Waals surface area contributed by atoms with E-state index in [-0.39, 0.29) is 36.0 Å². The highest BCUT2D eigenvalue weighted by molar-refractivity contribution is 5.82. The molecule has 6 nitrogen and oxygen atoms in total. The SMILES string of the molecule is Cc1c([C@H](C)NC(=O)CCNC(=O)[C@H]2C[C@H]2C)cnn1-c1ccc(F)cc1. The van der Waals surface area contributed by atoms with E-state index >= 15 is 0 Å². The van der Waals surface area contributed by atoms with Crippen molar-refractivity contribution in [3.63, 3.8) is 0 Å². The lowest BCUT2D eigenvalue weighted by molar-refractivity contribution is -0.123. The van der Waals surface area contributed by atoms with Gasteiger partial charge >= 0.3 is 0 Å². The molecule has 0 aliphatic heterocycles. The fourth-order valence-corrected chi connectivity index (χ4v) is 3.20. The van der Waals surface area contributed by atoms with Crippen LogP contribution in [0.5, 0.6) is 0 Å². The Hall–Kier alpha value is -2.70. The van der Waals surface area contributed by atoms with E-state index in [9.17, 15) is 14.0 Å². The molecule has 1 heterocycles. The molecule has 2 amide bonds. The standard InChI is InChI=1S/C20H25FN4O2/c1-12-10-17(12)20(27)22-9-8-19(26)24-13(2)18-11-23-25(14(18)3)16-6-4-15(21)5-7-16/h4-7,11-13,17H,8-10H2,1-3H3,(H,22,27)(H,24,26)/t12-,13+,17+/m1/s1. The molecule has 3 rings (SSSR count). The summed E-state index contributed by atoms with van der Waals surface area (Å²) in [6.45, 7) is 6.19. The van der Waals surface area contributed by atoms with E-state index in [4.69, 9.17) is 0 Å². The first kappa shape index (κ1) is 19.1. The van der Waals surface area contributed by atoms with Crippen LogP contribution < -0.4 is 10.6 Å². The van der Waals surface area contributed by atoms with Gasteiger partial charge in [0.15, 0.2) is 0 Å². The summed E-state index contributed by atoms with van der Waals surface area (Å²) in [6.07, 6.45) is 2.88. The third-order valence-corrected chi connectivity index (χ3v) is 5.06. The summed E-state index contributed by atoms with van der Waals surface area (Å²) in [4.78, 5) is 23.9. The van der Waals surface area contributed by atoms with E-state index in [1.165, 1.54) is 12.1 Å².